The van der Waals surface area contributed by atoms with Crippen LogP contribution in [0.25, 0.3) is 0 Å². The summed E-state index contributed by atoms with van der Waals surface area (Å²) in [5.41, 5.74) is 5.39. The Bertz CT molecular complexity index is 364. The van der Waals surface area contributed by atoms with E-state index < -0.39 is 5.41 Å². The van der Waals surface area contributed by atoms with Crippen molar-refractivity contribution in [2.75, 3.05) is 27.2 Å². The smallest absolute Gasteiger partial charge is 0.235 e. The fourth-order valence-electron chi connectivity index (χ4n) is 3.37. The molecule has 0 aromatic rings. The molecule has 2 rings (SSSR count). The number of likely N-dealkylation sites (tertiary alicyclic amines) is 1. The van der Waals surface area contributed by atoms with E-state index in [4.69, 9.17) is 18.0 Å². The summed E-state index contributed by atoms with van der Waals surface area (Å²) >= 11 is 5.24. The van der Waals surface area contributed by atoms with Gasteiger partial charge in [0.15, 0.2) is 0 Å². The molecule has 4 nitrogen and oxygen atoms in total. The van der Waals surface area contributed by atoms with Crippen LogP contribution in [0.15, 0.2) is 0 Å². The van der Waals surface area contributed by atoms with E-state index in [0.29, 0.717) is 11.0 Å². The average Bonchev–Trinajstić information content (AvgIpc) is 2.88. The minimum Gasteiger partial charge on any atom is -0.392 e. The van der Waals surface area contributed by atoms with Crippen LogP contribution in [0.2, 0.25) is 0 Å². The van der Waals surface area contributed by atoms with Crippen molar-refractivity contribution in [1.29, 1.82) is 0 Å². The van der Waals surface area contributed by atoms with Crippen LogP contribution in [-0.2, 0) is 4.79 Å². The number of thiocarbonyl (C=S) groups is 1. The second kappa shape index (κ2) is 5.75. The topological polar surface area (TPSA) is 49.6 Å². The van der Waals surface area contributed by atoms with Crippen molar-refractivity contribution in [3.63, 3.8) is 0 Å². The van der Waals surface area contributed by atoms with E-state index in [9.17, 15) is 4.79 Å². The monoisotopic (exact) mass is 283 g/mol. The summed E-state index contributed by atoms with van der Waals surface area (Å²) in [6.07, 6.45) is 6.04. The van der Waals surface area contributed by atoms with Crippen molar-refractivity contribution < 1.29 is 4.79 Å². The van der Waals surface area contributed by atoms with E-state index >= 15 is 0 Å². The number of carbonyl (C=O) groups excluding carboxylic acids is 1. The van der Waals surface area contributed by atoms with Gasteiger partial charge in [-0.1, -0.05) is 31.5 Å². The lowest BCUT2D eigenvalue weighted by Crippen LogP contribution is -2.51. The van der Waals surface area contributed by atoms with Gasteiger partial charge in [-0.15, -0.1) is 0 Å². The highest BCUT2D eigenvalue weighted by atomic mass is 32.1. The van der Waals surface area contributed by atoms with Gasteiger partial charge in [0.2, 0.25) is 5.91 Å². The molecule has 0 radical (unpaired) electrons. The third kappa shape index (κ3) is 2.77. The molecule has 19 heavy (non-hydrogen) atoms. The maximum atomic E-state index is 12.9. The van der Waals surface area contributed by atoms with Gasteiger partial charge in [-0.05, 0) is 33.4 Å². The molecule has 2 fully saturated rings. The molecule has 108 valence electrons. The van der Waals surface area contributed by atoms with Gasteiger partial charge in [0.1, 0.15) is 0 Å². The minimum absolute atomic E-state index is 0.184. The fourth-order valence-corrected chi connectivity index (χ4v) is 3.66. The Labute approximate surface area is 121 Å². The molecule has 1 saturated heterocycles. The number of carbonyl (C=O) groups is 1. The van der Waals surface area contributed by atoms with E-state index in [1.807, 2.05) is 4.90 Å². The molecule has 2 aliphatic rings. The zero-order valence-corrected chi connectivity index (χ0v) is 12.8. The summed E-state index contributed by atoms with van der Waals surface area (Å²) in [7, 11) is 4.14. The Morgan fingerprint density at radius 3 is 2.42 bits per heavy atom. The van der Waals surface area contributed by atoms with Crippen LogP contribution in [0.1, 0.15) is 38.5 Å². The van der Waals surface area contributed by atoms with E-state index in [0.717, 1.165) is 45.2 Å². The normalized spacial score (nSPS) is 26.7. The maximum absolute atomic E-state index is 12.9. The van der Waals surface area contributed by atoms with Gasteiger partial charge in [-0.25, -0.2) is 0 Å². The standard InChI is InChI=1S/C14H25N3OS/c1-16(2)11-6-9-17(10-11)13(18)14(12(15)19)7-4-3-5-8-14/h11H,3-10H2,1-2H3,(H2,15,19). The van der Waals surface area contributed by atoms with Crippen LogP contribution in [0.4, 0.5) is 0 Å². The van der Waals surface area contributed by atoms with Gasteiger partial charge >= 0.3 is 0 Å². The first-order chi connectivity index (χ1) is 8.97. The lowest BCUT2D eigenvalue weighted by atomic mass is 9.73. The van der Waals surface area contributed by atoms with Gasteiger partial charge in [0.25, 0.3) is 0 Å². The number of hydrogen-bond acceptors (Lipinski definition) is 3. The van der Waals surface area contributed by atoms with Gasteiger partial charge < -0.3 is 15.5 Å². The highest BCUT2D eigenvalue weighted by molar-refractivity contribution is 7.80. The molecule has 0 spiro atoms. The van der Waals surface area contributed by atoms with Gasteiger partial charge in [0, 0.05) is 19.1 Å². The zero-order valence-electron chi connectivity index (χ0n) is 12.0. The fraction of sp³-hybridized carbons (Fsp3) is 0.857. The predicted molar refractivity (Wildman–Crippen MR) is 81.0 cm³/mol. The molecule has 1 heterocycles. The highest BCUT2D eigenvalue weighted by Gasteiger charge is 2.46. The summed E-state index contributed by atoms with van der Waals surface area (Å²) in [4.78, 5) is 17.5. The molecule has 1 amide bonds. The molecule has 1 aliphatic carbocycles. The quantitative estimate of drug-likeness (QED) is 0.795. The molecule has 5 heteroatoms. The Hall–Kier alpha value is -0.680. The Kier molecular flexibility index (Phi) is 4.46. The summed E-state index contributed by atoms with van der Waals surface area (Å²) < 4.78 is 0. The van der Waals surface area contributed by atoms with E-state index in [1.165, 1.54) is 6.42 Å². The second-order valence-electron chi connectivity index (χ2n) is 6.16. The summed E-state index contributed by atoms with van der Waals surface area (Å²) in [6, 6.07) is 0.468. The molecular formula is C14H25N3OS. The zero-order chi connectivity index (χ0) is 14.0. The van der Waals surface area contributed by atoms with Crippen LogP contribution < -0.4 is 5.73 Å². The van der Waals surface area contributed by atoms with Gasteiger partial charge in [-0.3, -0.25) is 4.79 Å². The predicted octanol–water partition coefficient (Wildman–Crippen LogP) is 1.39. The maximum Gasteiger partial charge on any atom is 0.235 e. The average molecular weight is 283 g/mol. The molecule has 2 N–H and O–H groups in total. The summed E-state index contributed by atoms with van der Waals surface area (Å²) in [5.74, 6) is 0.184. The largest absolute Gasteiger partial charge is 0.392 e. The van der Waals surface area contributed by atoms with Crippen molar-refractivity contribution in [2.24, 2.45) is 11.1 Å². The van der Waals surface area contributed by atoms with Crippen LogP contribution in [0.5, 0.6) is 0 Å². The highest BCUT2D eigenvalue weighted by Crippen LogP contribution is 2.39. The van der Waals surface area contributed by atoms with E-state index in [1.54, 1.807) is 0 Å². The third-order valence-corrected chi connectivity index (χ3v) is 5.16. The number of rotatable bonds is 3. The van der Waals surface area contributed by atoms with Crippen molar-refractivity contribution in [3.8, 4) is 0 Å². The van der Waals surface area contributed by atoms with Crippen LogP contribution >= 0.6 is 12.2 Å². The molecule has 1 saturated carbocycles. The number of likely N-dealkylation sites (N-methyl/N-ethyl adjacent to an activating group) is 1. The second-order valence-corrected chi connectivity index (χ2v) is 6.60. The minimum atomic E-state index is -0.547. The van der Waals surface area contributed by atoms with Crippen LogP contribution in [0, 0.1) is 5.41 Å². The Morgan fingerprint density at radius 2 is 1.95 bits per heavy atom. The number of hydrogen-bond donors (Lipinski definition) is 1. The summed E-state index contributed by atoms with van der Waals surface area (Å²) in [6.45, 7) is 1.65. The molecule has 0 bridgehead atoms. The number of amides is 1. The molecule has 1 unspecified atom stereocenters. The van der Waals surface area contributed by atoms with Crippen molar-refractivity contribution in [2.45, 2.75) is 44.6 Å². The van der Waals surface area contributed by atoms with E-state index in [-0.39, 0.29) is 5.91 Å². The van der Waals surface area contributed by atoms with Gasteiger partial charge in [-0.2, -0.15) is 0 Å². The van der Waals surface area contributed by atoms with Gasteiger partial charge in [0.05, 0.1) is 10.4 Å². The molecule has 0 aromatic heterocycles. The first kappa shape index (κ1) is 14.7. The van der Waals surface area contributed by atoms with Crippen LogP contribution in [0.3, 0.4) is 0 Å². The summed E-state index contributed by atoms with van der Waals surface area (Å²) in [5, 5.41) is 0. The molecule has 0 aromatic carbocycles. The number of nitrogens with two attached hydrogens (primary N) is 1. The molecule has 1 aliphatic heterocycles. The molecular weight excluding hydrogens is 258 g/mol. The Morgan fingerprint density at radius 1 is 1.32 bits per heavy atom. The van der Waals surface area contributed by atoms with E-state index in [2.05, 4.69) is 19.0 Å². The third-order valence-electron chi connectivity index (χ3n) is 4.77. The first-order valence-electron chi connectivity index (χ1n) is 7.23. The van der Waals surface area contributed by atoms with Crippen molar-refractivity contribution in [1.82, 2.24) is 9.80 Å². The Balaban J connectivity index is 2.11. The molecule has 1 atom stereocenters. The van der Waals surface area contributed by atoms with Crippen LogP contribution in [-0.4, -0.2) is 53.9 Å². The lowest BCUT2D eigenvalue weighted by Gasteiger charge is -2.38. The number of nitrogens with zero attached hydrogens (tertiary/aromatic N) is 2. The van der Waals surface area contributed by atoms with Crippen molar-refractivity contribution >= 4 is 23.1 Å². The lowest BCUT2D eigenvalue weighted by molar-refractivity contribution is -0.138. The first-order valence-corrected chi connectivity index (χ1v) is 7.64. The SMILES string of the molecule is CN(C)C1CCN(C(=O)C2(C(N)=S)CCCCC2)C1. The van der Waals surface area contributed by atoms with Crippen molar-refractivity contribution in [3.05, 3.63) is 0 Å².